The average molecular weight is 222 g/mol. The summed E-state index contributed by atoms with van der Waals surface area (Å²) < 4.78 is 5.09. The van der Waals surface area contributed by atoms with Crippen LogP contribution in [0.4, 0.5) is 11.5 Å². The fraction of sp³-hybridized carbons (Fsp3) is 0.636. The minimum Gasteiger partial charge on any atom is -0.479 e. The summed E-state index contributed by atoms with van der Waals surface area (Å²) in [6.45, 7) is 6.46. The van der Waals surface area contributed by atoms with Crippen LogP contribution in [0.5, 0.6) is 5.88 Å². The number of nitrogens with two attached hydrogens (primary N) is 1. The van der Waals surface area contributed by atoms with Crippen molar-refractivity contribution in [2.24, 2.45) is 5.41 Å². The molecular weight excluding hydrogens is 204 g/mol. The molecule has 0 spiro atoms. The van der Waals surface area contributed by atoms with Gasteiger partial charge in [0.05, 0.1) is 7.11 Å². The molecule has 0 aliphatic carbocycles. The van der Waals surface area contributed by atoms with E-state index in [1.165, 1.54) is 6.33 Å². The van der Waals surface area contributed by atoms with Crippen molar-refractivity contribution in [2.75, 3.05) is 30.8 Å². The van der Waals surface area contributed by atoms with Gasteiger partial charge >= 0.3 is 0 Å². The van der Waals surface area contributed by atoms with Crippen molar-refractivity contribution in [2.45, 2.75) is 20.3 Å². The van der Waals surface area contributed by atoms with Crippen LogP contribution in [0, 0.1) is 5.41 Å². The molecule has 16 heavy (non-hydrogen) atoms. The molecule has 0 saturated carbocycles. The molecule has 1 aromatic heterocycles. The van der Waals surface area contributed by atoms with Crippen LogP contribution in [0.3, 0.4) is 0 Å². The SMILES string of the molecule is COc1ncnc(N2CCC(C)(C)C2)c1N. The maximum Gasteiger partial charge on any atom is 0.242 e. The van der Waals surface area contributed by atoms with E-state index in [1.54, 1.807) is 7.11 Å². The molecule has 1 aliphatic rings. The van der Waals surface area contributed by atoms with E-state index in [0.29, 0.717) is 17.0 Å². The van der Waals surface area contributed by atoms with Crippen molar-refractivity contribution in [3.63, 3.8) is 0 Å². The molecule has 2 heterocycles. The Labute approximate surface area is 95.6 Å². The first-order valence-corrected chi connectivity index (χ1v) is 5.43. The molecule has 5 nitrogen and oxygen atoms in total. The highest BCUT2D eigenvalue weighted by atomic mass is 16.5. The quantitative estimate of drug-likeness (QED) is 0.817. The Morgan fingerprint density at radius 3 is 2.75 bits per heavy atom. The molecular formula is C11H18N4O. The van der Waals surface area contributed by atoms with Gasteiger partial charge in [-0.15, -0.1) is 0 Å². The molecule has 0 radical (unpaired) electrons. The van der Waals surface area contributed by atoms with E-state index >= 15 is 0 Å². The predicted octanol–water partition coefficient (Wildman–Crippen LogP) is 1.30. The van der Waals surface area contributed by atoms with Gasteiger partial charge in [0.15, 0.2) is 5.82 Å². The number of aromatic nitrogens is 2. The van der Waals surface area contributed by atoms with Crippen LogP contribution >= 0.6 is 0 Å². The lowest BCUT2D eigenvalue weighted by Crippen LogP contribution is -2.24. The highest BCUT2D eigenvalue weighted by Crippen LogP contribution is 2.35. The maximum absolute atomic E-state index is 5.97. The number of hydrogen-bond donors (Lipinski definition) is 1. The van der Waals surface area contributed by atoms with Gasteiger partial charge in [-0.2, -0.15) is 4.98 Å². The lowest BCUT2D eigenvalue weighted by Gasteiger charge is -2.22. The topological polar surface area (TPSA) is 64.3 Å². The van der Waals surface area contributed by atoms with Crippen LogP contribution in [0.15, 0.2) is 6.33 Å². The smallest absolute Gasteiger partial charge is 0.242 e. The average Bonchev–Trinajstić information content (AvgIpc) is 2.59. The van der Waals surface area contributed by atoms with Gasteiger partial charge < -0.3 is 15.4 Å². The number of rotatable bonds is 2. The Morgan fingerprint density at radius 2 is 2.19 bits per heavy atom. The first-order chi connectivity index (χ1) is 7.53. The zero-order valence-electron chi connectivity index (χ0n) is 10.0. The van der Waals surface area contributed by atoms with E-state index in [-0.39, 0.29) is 0 Å². The Kier molecular flexibility index (Phi) is 2.61. The lowest BCUT2D eigenvalue weighted by atomic mass is 9.93. The molecule has 1 saturated heterocycles. The third-order valence-electron chi connectivity index (χ3n) is 3.00. The lowest BCUT2D eigenvalue weighted by molar-refractivity contribution is 0.399. The van der Waals surface area contributed by atoms with Gasteiger partial charge in [-0.05, 0) is 11.8 Å². The Balaban J connectivity index is 2.28. The fourth-order valence-corrected chi connectivity index (χ4v) is 2.08. The van der Waals surface area contributed by atoms with Gasteiger partial charge in [-0.25, -0.2) is 4.98 Å². The van der Waals surface area contributed by atoms with Crippen molar-refractivity contribution in [1.29, 1.82) is 0 Å². The maximum atomic E-state index is 5.97. The van der Waals surface area contributed by atoms with E-state index in [4.69, 9.17) is 10.5 Å². The number of hydrogen-bond acceptors (Lipinski definition) is 5. The van der Waals surface area contributed by atoms with Crippen molar-refractivity contribution >= 4 is 11.5 Å². The van der Waals surface area contributed by atoms with E-state index in [0.717, 1.165) is 25.3 Å². The van der Waals surface area contributed by atoms with Gasteiger partial charge in [0.2, 0.25) is 5.88 Å². The van der Waals surface area contributed by atoms with E-state index in [2.05, 4.69) is 28.7 Å². The fourth-order valence-electron chi connectivity index (χ4n) is 2.08. The van der Waals surface area contributed by atoms with Crippen LogP contribution in [-0.4, -0.2) is 30.2 Å². The number of nitrogen functional groups attached to an aromatic ring is 1. The highest BCUT2D eigenvalue weighted by Gasteiger charge is 2.31. The highest BCUT2D eigenvalue weighted by molar-refractivity contribution is 5.68. The van der Waals surface area contributed by atoms with E-state index in [1.807, 2.05) is 0 Å². The van der Waals surface area contributed by atoms with Crippen LogP contribution in [0.2, 0.25) is 0 Å². The monoisotopic (exact) mass is 222 g/mol. The molecule has 0 amide bonds. The zero-order chi connectivity index (χ0) is 11.8. The summed E-state index contributed by atoms with van der Waals surface area (Å²) >= 11 is 0. The predicted molar refractivity (Wildman–Crippen MR) is 63.6 cm³/mol. The minimum absolute atomic E-state index is 0.324. The van der Waals surface area contributed by atoms with E-state index < -0.39 is 0 Å². The third-order valence-corrected chi connectivity index (χ3v) is 3.00. The summed E-state index contributed by atoms with van der Waals surface area (Å²) in [6.07, 6.45) is 2.65. The third kappa shape index (κ3) is 1.89. The normalized spacial score (nSPS) is 18.8. The Bertz CT molecular complexity index is 392. The van der Waals surface area contributed by atoms with Gasteiger partial charge in [0.1, 0.15) is 12.0 Å². The van der Waals surface area contributed by atoms with Crippen molar-refractivity contribution in [3.05, 3.63) is 6.33 Å². The Hall–Kier alpha value is -1.52. The van der Waals surface area contributed by atoms with Crippen molar-refractivity contribution < 1.29 is 4.74 Å². The van der Waals surface area contributed by atoms with Crippen LogP contribution in [0.25, 0.3) is 0 Å². The first kappa shape index (κ1) is 11.0. The van der Waals surface area contributed by atoms with Crippen LogP contribution in [0.1, 0.15) is 20.3 Å². The van der Waals surface area contributed by atoms with Crippen LogP contribution < -0.4 is 15.4 Å². The standard InChI is InChI=1S/C11H18N4O/c1-11(2)4-5-15(6-11)9-8(12)10(16-3)14-7-13-9/h7H,4-6,12H2,1-3H3. The van der Waals surface area contributed by atoms with Crippen molar-refractivity contribution in [1.82, 2.24) is 9.97 Å². The number of anilines is 2. The molecule has 0 atom stereocenters. The first-order valence-electron chi connectivity index (χ1n) is 5.43. The molecule has 2 rings (SSSR count). The number of nitrogens with zero attached hydrogens (tertiary/aromatic N) is 3. The second-order valence-corrected chi connectivity index (χ2v) is 4.96. The van der Waals surface area contributed by atoms with E-state index in [9.17, 15) is 0 Å². The Morgan fingerprint density at radius 1 is 1.44 bits per heavy atom. The van der Waals surface area contributed by atoms with Gasteiger partial charge in [-0.1, -0.05) is 13.8 Å². The summed E-state index contributed by atoms with van der Waals surface area (Å²) in [6, 6.07) is 0. The molecule has 1 aromatic rings. The zero-order valence-corrected chi connectivity index (χ0v) is 10.0. The van der Waals surface area contributed by atoms with Gasteiger partial charge in [-0.3, -0.25) is 0 Å². The van der Waals surface area contributed by atoms with Crippen LogP contribution in [-0.2, 0) is 0 Å². The largest absolute Gasteiger partial charge is 0.479 e. The molecule has 0 unspecified atom stereocenters. The number of ether oxygens (including phenoxy) is 1. The van der Waals surface area contributed by atoms with Gasteiger partial charge in [0, 0.05) is 13.1 Å². The molecule has 0 aromatic carbocycles. The minimum atomic E-state index is 0.324. The summed E-state index contributed by atoms with van der Waals surface area (Å²) in [4.78, 5) is 10.4. The summed E-state index contributed by atoms with van der Waals surface area (Å²) in [5, 5.41) is 0. The molecule has 5 heteroatoms. The second kappa shape index (κ2) is 3.81. The molecule has 1 aliphatic heterocycles. The number of methoxy groups -OCH3 is 1. The molecule has 2 N–H and O–H groups in total. The molecule has 88 valence electrons. The summed E-state index contributed by atoms with van der Waals surface area (Å²) in [5.74, 6) is 1.24. The van der Waals surface area contributed by atoms with Crippen molar-refractivity contribution in [3.8, 4) is 5.88 Å². The van der Waals surface area contributed by atoms with Gasteiger partial charge in [0.25, 0.3) is 0 Å². The molecule has 1 fully saturated rings. The molecule has 0 bridgehead atoms. The summed E-state index contributed by atoms with van der Waals surface area (Å²) in [7, 11) is 1.57. The summed E-state index contributed by atoms with van der Waals surface area (Å²) in [5.41, 5.74) is 6.82. The second-order valence-electron chi connectivity index (χ2n) is 4.96.